The van der Waals surface area contributed by atoms with Gasteiger partial charge in [-0.2, -0.15) is 0 Å². The summed E-state index contributed by atoms with van der Waals surface area (Å²) < 4.78 is 38.6. The maximum absolute atomic E-state index is 14.7. The van der Waals surface area contributed by atoms with E-state index in [9.17, 15) is 18.7 Å². The van der Waals surface area contributed by atoms with Gasteiger partial charge in [-0.3, -0.25) is 4.79 Å². The zero-order valence-corrected chi connectivity index (χ0v) is 10.8. The van der Waals surface area contributed by atoms with Crippen LogP contribution in [0.25, 0.3) is 0 Å². The molecular weight excluding hydrogens is 290 g/mol. The number of terminal acetylenes is 1. The summed E-state index contributed by atoms with van der Waals surface area (Å²) in [4.78, 5) is 12.2. The summed E-state index contributed by atoms with van der Waals surface area (Å²) in [5, 5.41) is 21.0. The van der Waals surface area contributed by atoms with Crippen LogP contribution in [0.1, 0.15) is 0 Å². The van der Waals surface area contributed by atoms with Gasteiger partial charge in [0, 0.05) is 12.3 Å². The first-order valence-corrected chi connectivity index (χ1v) is 5.99. The summed E-state index contributed by atoms with van der Waals surface area (Å²) in [5.41, 5.74) is -2.93. The van der Waals surface area contributed by atoms with Crippen LogP contribution in [0.5, 0.6) is 0 Å². The van der Waals surface area contributed by atoms with Crippen LogP contribution in [-0.2, 0) is 14.3 Å². The predicted molar refractivity (Wildman–Crippen MR) is 64.4 cm³/mol. The Labute approximate surface area is 119 Å². The van der Waals surface area contributed by atoms with Gasteiger partial charge < -0.3 is 29.9 Å². The smallest absolute Gasteiger partial charge is 0.264 e. The first-order chi connectivity index (χ1) is 9.87. The van der Waals surface area contributed by atoms with E-state index >= 15 is 0 Å². The van der Waals surface area contributed by atoms with E-state index in [0.29, 0.717) is 0 Å². The van der Waals surface area contributed by atoms with Crippen molar-refractivity contribution in [3.05, 3.63) is 12.3 Å². The molecule has 2 rings (SSSR count). The number of aliphatic hydroxyl groups is 2. The lowest BCUT2D eigenvalue weighted by molar-refractivity contribution is -0.218. The van der Waals surface area contributed by atoms with Gasteiger partial charge in [0.25, 0.3) is 5.85 Å². The minimum atomic E-state index is -3.05. The standard InChI is InChI=1S/C12H14F2N2O5/c1-2-11(13)9(19)12(14,5-17)21-10(11)16-4-3-8(18)15-6-20-7-16/h1,3-4,9-10,17,19H,5-7H2,(H,15,18). The zero-order valence-electron chi connectivity index (χ0n) is 10.8. The molecule has 0 spiro atoms. The second-order valence-electron chi connectivity index (χ2n) is 4.58. The third-order valence-corrected chi connectivity index (χ3v) is 3.22. The molecule has 2 aliphatic rings. The van der Waals surface area contributed by atoms with Crippen LogP contribution < -0.4 is 5.32 Å². The molecule has 0 saturated carbocycles. The Morgan fingerprint density at radius 2 is 2.33 bits per heavy atom. The van der Waals surface area contributed by atoms with E-state index < -0.39 is 36.4 Å². The van der Waals surface area contributed by atoms with E-state index in [1.54, 1.807) is 5.92 Å². The Morgan fingerprint density at radius 1 is 1.62 bits per heavy atom. The number of halogens is 2. The number of carbonyl (C=O) groups excluding carboxylic acids is 1. The molecule has 1 amide bonds. The van der Waals surface area contributed by atoms with Crippen molar-refractivity contribution in [1.82, 2.24) is 10.2 Å². The highest BCUT2D eigenvalue weighted by atomic mass is 19.2. The van der Waals surface area contributed by atoms with Crippen molar-refractivity contribution < 1.29 is 33.3 Å². The third kappa shape index (κ3) is 2.58. The van der Waals surface area contributed by atoms with E-state index in [1.165, 1.54) is 0 Å². The highest BCUT2D eigenvalue weighted by molar-refractivity contribution is 5.87. The van der Waals surface area contributed by atoms with Crippen LogP contribution in [0.3, 0.4) is 0 Å². The number of amides is 1. The largest absolute Gasteiger partial charge is 0.390 e. The first-order valence-electron chi connectivity index (χ1n) is 5.99. The second kappa shape index (κ2) is 5.57. The fourth-order valence-electron chi connectivity index (χ4n) is 2.05. The highest BCUT2D eigenvalue weighted by Crippen LogP contribution is 2.43. The molecule has 3 N–H and O–H groups in total. The molecule has 0 aromatic rings. The number of nitrogens with zero attached hydrogens (tertiary/aromatic N) is 1. The average Bonchev–Trinajstić information content (AvgIpc) is 2.67. The number of hydrogen-bond acceptors (Lipinski definition) is 6. The molecule has 4 unspecified atom stereocenters. The third-order valence-electron chi connectivity index (χ3n) is 3.22. The summed E-state index contributed by atoms with van der Waals surface area (Å²) >= 11 is 0. The average molecular weight is 304 g/mol. The minimum Gasteiger partial charge on any atom is -0.390 e. The van der Waals surface area contributed by atoms with E-state index in [0.717, 1.165) is 17.2 Å². The lowest BCUT2D eigenvalue weighted by atomic mass is 9.95. The summed E-state index contributed by atoms with van der Waals surface area (Å²) in [6.45, 7) is -1.70. The number of rotatable bonds is 2. The molecule has 2 heterocycles. The Bertz CT molecular complexity index is 497. The van der Waals surface area contributed by atoms with Crippen molar-refractivity contribution >= 4 is 5.91 Å². The SMILES string of the molecule is C#CC1(F)C(N2C=CC(=O)NCOC2)OC(F)(CO)C1O. The van der Waals surface area contributed by atoms with Gasteiger partial charge in [0.05, 0.1) is 0 Å². The highest BCUT2D eigenvalue weighted by Gasteiger charge is 2.66. The van der Waals surface area contributed by atoms with Crippen LogP contribution in [0.15, 0.2) is 12.3 Å². The molecule has 0 radical (unpaired) electrons. The van der Waals surface area contributed by atoms with Crippen molar-refractivity contribution in [2.45, 2.75) is 23.9 Å². The molecule has 7 nitrogen and oxygen atoms in total. The van der Waals surface area contributed by atoms with Gasteiger partial charge in [0.2, 0.25) is 11.6 Å². The molecule has 0 aromatic carbocycles. The van der Waals surface area contributed by atoms with Crippen LogP contribution in [-0.4, -0.2) is 64.9 Å². The molecule has 2 aliphatic heterocycles. The molecule has 0 aromatic heterocycles. The second-order valence-corrected chi connectivity index (χ2v) is 4.58. The monoisotopic (exact) mass is 304 g/mol. The van der Waals surface area contributed by atoms with Gasteiger partial charge in [0.1, 0.15) is 20.1 Å². The van der Waals surface area contributed by atoms with E-state index in [4.69, 9.17) is 21.0 Å². The van der Waals surface area contributed by atoms with Crippen molar-refractivity contribution in [2.24, 2.45) is 0 Å². The number of ether oxygens (including phenoxy) is 2. The molecule has 21 heavy (non-hydrogen) atoms. The number of hydrogen-bond donors (Lipinski definition) is 3. The van der Waals surface area contributed by atoms with Crippen molar-refractivity contribution in [3.63, 3.8) is 0 Å². The van der Waals surface area contributed by atoms with E-state index in [-0.39, 0.29) is 13.5 Å². The summed E-state index contributed by atoms with van der Waals surface area (Å²) in [6, 6.07) is 0. The molecule has 1 saturated heterocycles. The maximum Gasteiger partial charge on any atom is 0.264 e. The molecule has 0 aliphatic carbocycles. The molecule has 4 atom stereocenters. The maximum atomic E-state index is 14.7. The molecule has 0 bridgehead atoms. The van der Waals surface area contributed by atoms with Gasteiger partial charge in [-0.25, -0.2) is 8.78 Å². The molecule has 9 heteroatoms. The number of nitrogens with one attached hydrogen (secondary N) is 1. The Balaban J connectivity index is 2.33. The lowest BCUT2D eigenvalue weighted by Gasteiger charge is -2.32. The summed E-state index contributed by atoms with van der Waals surface area (Å²) in [5.74, 6) is -1.92. The molecule has 116 valence electrons. The van der Waals surface area contributed by atoms with Crippen LogP contribution in [0, 0.1) is 12.3 Å². The van der Waals surface area contributed by atoms with Gasteiger partial charge in [-0.05, 0) is 0 Å². The predicted octanol–water partition coefficient (Wildman–Crippen LogP) is -1.42. The quantitative estimate of drug-likeness (QED) is 0.543. The number of alkyl halides is 2. The Morgan fingerprint density at radius 3 is 2.95 bits per heavy atom. The lowest BCUT2D eigenvalue weighted by Crippen LogP contribution is -2.51. The van der Waals surface area contributed by atoms with Crippen LogP contribution in [0.4, 0.5) is 8.78 Å². The molecule has 1 fully saturated rings. The van der Waals surface area contributed by atoms with Crippen molar-refractivity contribution in [1.29, 1.82) is 0 Å². The summed E-state index contributed by atoms with van der Waals surface area (Å²) in [7, 11) is 0. The topological polar surface area (TPSA) is 91.3 Å². The molecular formula is C12H14F2N2O5. The first kappa shape index (κ1) is 15.7. The minimum absolute atomic E-state index is 0.148. The van der Waals surface area contributed by atoms with Gasteiger partial charge >= 0.3 is 0 Å². The fraction of sp³-hybridized carbons (Fsp3) is 0.583. The Kier molecular flexibility index (Phi) is 4.15. The van der Waals surface area contributed by atoms with Crippen LogP contribution >= 0.6 is 0 Å². The zero-order chi connectivity index (χ0) is 15.7. The van der Waals surface area contributed by atoms with E-state index in [2.05, 4.69) is 5.32 Å². The van der Waals surface area contributed by atoms with Crippen molar-refractivity contribution in [2.75, 3.05) is 20.1 Å². The normalized spacial score (nSPS) is 40.3. The van der Waals surface area contributed by atoms with Crippen molar-refractivity contribution in [3.8, 4) is 12.3 Å². The van der Waals surface area contributed by atoms with E-state index in [1.807, 2.05) is 0 Å². The summed E-state index contributed by atoms with van der Waals surface area (Å²) in [6.07, 6.45) is 3.03. The van der Waals surface area contributed by atoms with Crippen LogP contribution in [0.2, 0.25) is 0 Å². The Hall–Kier alpha value is -1.73. The van der Waals surface area contributed by atoms with Gasteiger partial charge in [0.15, 0.2) is 12.3 Å². The fourth-order valence-corrected chi connectivity index (χ4v) is 2.05. The van der Waals surface area contributed by atoms with Gasteiger partial charge in [-0.1, -0.05) is 5.92 Å². The van der Waals surface area contributed by atoms with Gasteiger partial charge in [-0.15, -0.1) is 6.42 Å². The number of aliphatic hydroxyl groups excluding tert-OH is 2. The number of carbonyl (C=O) groups is 1.